The Balaban J connectivity index is 1.58. The zero-order chi connectivity index (χ0) is 18.9. The van der Waals surface area contributed by atoms with Gasteiger partial charge in [0.1, 0.15) is 0 Å². The van der Waals surface area contributed by atoms with Crippen LogP contribution < -0.4 is 5.32 Å². The lowest BCUT2D eigenvalue weighted by molar-refractivity contribution is 0.0368. The van der Waals surface area contributed by atoms with E-state index in [1.54, 1.807) is 6.26 Å². The fraction of sp³-hybridized carbons (Fsp3) is 0.476. The van der Waals surface area contributed by atoms with E-state index >= 15 is 0 Å². The second kappa shape index (κ2) is 10.4. The number of benzene rings is 1. The molecule has 2 aromatic rings. The van der Waals surface area contributed by atoms with Gasteiger partial charge in [-0.1, -0.05) is 31.2 Å². The van der Waals surface area contributed by atoms with E-state index in [2.05, 4.69) is 46.3 Å². The largest absolute Gasteiger partial charge is 0.449 e. The molecule has 0 bridgehead atoms. The molecule has 0 amide bonds. The van der Waals surface area contributed by atoms with Crippen LogP contribution in [0.25, 0.3) is 0 Å². The van der Waals surface area contributed by atoms with Crippen LogP contribution >= 0.6 is 12.2 Å². The molecule has 0 spiro atoms. The van der Waals surface area contributed by atoms with Crippen molar-refractivity contribution in [1.82, 2.24) is 9.80 Å². The van der Waals surface area contributed by atoms with Crippen LogP contribution in [-0.2, 0) is 17.7 Å². The van der Waals surface area contributed by atoms with Crippen molar-refractivity contribution in [2.45, 2.75) is 26.3 Å². The number of aryl methyl sites for hydroxylation is 1. The molecule has 1 aromatic carbocycles. The number of morpholine rings is 1. The first-order valence-electron chi connectivity index (χ1n) is 9.72. The summed E-state index contributed by atoms with van der Waals surface area (Å²) < 4.78 is 10.8. The first-order valence-corrected chi connectivity index (χ1v) is 10.1. The first kappa shape index (κ1) is 19.9. The van der Waals surface area contributed by atoms with Gasteiger partial charge in [0.05, 0.1) is 19.5 Å². The van der Waals surface area contributed by atoms with Gasteiger partial charge >= 0.3 is 0 Å². The average molecular weight is 388 g/mol. The van der Waals surface area contributed by atoms with Crippen LogP contribution in [0.2, 0.25) is 0 Å². The molecule has 0 aliphatic carbocycles. The van der Waals surface area contributed by atoms with Crippen LogP contribution in [0, 0.1) is 0 Å². The summed E-state index contributed by atoms with van der Waals surface area (Å²) in [4.78, 5) is 4.68. The number of nitrogens with one attached hydrogen (secondary N) is 1. The van der Waals surface area contributed by atoms with E-state index in [1.807, 2.05) is 12.1 Å². The van der Waals surface area contributed by atoms with Crippen LogP contribution in [0.15, 0.2) is 47.1 Å². The van der Waals surface area contributed by atoms with Crippen LogP contribution in [0.1, 0.15) is 24.5 Å². The zero-order valence-corrected chi connectivity index (χ0v) is 16.8. The fourth-order valence-electron chi connectivity index (χ4n) is 3.20. The van der Waals surface area contributed by atoms with E-state index in [1.165, 1.54) is 11.1 Å². The minimum absolute atomic E-state index is 0.680. The molecule has 1 N–H and O–H groups in total. The summed E-state index contributed by atoms with van der Waals surface area (Å²) in [6.45, 7) is 8.66. The topological polar surface area (TPSA) is 40.9 Å². The van der Waals surface area contributed by atoms with Crippen LogP contribution in [0.4, 0.5) is 5.88 Å². The lowest BCUT2D eigenvalue weighted by Gasteiger charge is -2.29. The average Bonchev–Trinajstić information content (AvgIpc) is 3.21. The van der Waals surface area contributed by atoms with E-state index in [9.17, 15) is 0 Å². The molecule has 2 heterocycles. The summed E-state index contributed by atoms with van der Waals surface area (Å²) in [7, 11) is 0. The molecule has 6 heteroatoms. The van der Waals surface area contributed by atoms with Gasteiger partial charge < -0.3 is 19.4 Å². The molecule has 1 saturated heterocycles. The Labute approximate surface area is 167 Å². The van der Waals surface area contributed by atoms with Crippen molar-refractivity contribution >= 4 is 23.2 Å². The summed E-state index contributed by atoms with van der Waals surface area (Å²) in [5.74, 6) is 0.680. The van der Waals surface area contributed by atoms with Crippen molar-refractivity contribution in [2.75, 3.05) is 44.7 Å². The number of hydrogen-bond donors (Lipinski definition) is 1. The number of rotatable bonds is 8. The Morgan fingerprint density at radius 3 is 2.56 bits per heavy atom. The highest BCUT2D eigenvalue weighted by Crippen LogP contribution is 2.13. The van der Waals surface area contributed by atoms with Gasteiger partial charge in [0.15, 0.2) is 11.0 Å². The van der Waals surface area contributed by atoms with Crippen LogP contribution in [0.5, 0.6) is 0 Å². The van der Waals surface area contributed by atoms with Gasteiger partial charge in [0.25, 0.3) is 0 Å². The monoisotopic (exact) mass is 387 g/mol. The Morgan fingerprint density at radius 1 is 1.15 bits per heavy atom. The molecule has 3 rings (SSSR count). The highest BCUT2D eigenvalue weighted by atomic mass is 32.1. The molecule has 27 heavy (non-hydrogen) atoms. The Morgan fingerprint density at radius 2 is 1.89 bits per heavy atom. The van der Waals surface area contributed by atoms with Crippen molar-refractivity contribution in [3.05, 3.63) is 53.8 Å². The second-order valence-corrected chi connectivity index (χ2v) is 7.19. The van der Waals surface area contributed by atoms with Gasteiger partial charge in [-0.2, -0.15) is 0 Å². The summed E-state index contributed by atoms with van der Waals surface area (Å²) in [6, 6.07) is 12.5. The van der Waals surface area contributed by atoms with Gasteiger partial charge in [-0.3, -0.25) is 4.90 Å². The molecule has 0 unspecified atom stereocenters. The van der Waals surface area contributed by atoms with Crippen molar-refractivity contribution in [3.63, 3.8) is 0 Å². The molecule has 0 radical (unpaired) electrons. The predicted octanol–water partition coefficient (Wildman–Crippen LogP) is 3.76. The normalized spacial score (nSPS) is 14.9. The number of ether oxygens (including phenoxy) is 1. The molecule has 1 fully saturated rings. The maximum atomic E-state index is 5.66. The van der Waals surface area contributed by atoms with Crippen LogP contribution in [0.3, 0.4) is 0 Å². The van der Waals surface area contributed by atoms with E-state index in [4.69, 9.17) is 21.4 Å². The molecular weight excluding hydrogens is 358 g/mol. The minimum atomic E-state index is 0.680. The van der Waals surface area contributed by atoms with E-state index in [0.717, 1.165) is 58.8 Å². The molecule has 0 saturated carbocycles. The Bertz CT molecular complexity index is 682. The lowest BCUT2D eigenvalue weighted by Crippen LogP contribution is -2.39. The second-order valence-electron chi connectivity index (χ2n) is 6.81. The van der Waals surface area contributed by atoms with E-state index in [0.29, 0.717) is 11.0 Å². The summed E-state index contributed by atoms with van der Waals surface area (Å²) in [5.41, 5.74) is 2.62. The van der Waals surface area contributed by atoms with Gasteiger partial charge in [0.2, 0.25) is 0 Å². The summed E-state index contributed by atoms with van der Waals surface area (Å²) in [5, 5.41) is 3.91. The molecule has 5 nitrogen and oxygen atoms in total. The minimum Gasteiger partial charge on any atom is -0.449 e. The van der Waals surface area contributed by atoms with Gasteiger partial charge in [-0.05, 0) is 42.3 Å². The Kier molecular flexibility index (Phi) is 7.68. The summed E-state index contributed by atoms with van der Waals surface area (Å²) >= 11 is 5.66. The number of thiocarbonyl (C=S) groups is 1. The molecule has 146 valence electrons. The molecule has 1 aliphatic rings. The number of anilines is 1. The third-order valence-electron chi connectivity index (χ3n) is 4.85. The maximum absolute atomic E-state index is 5.66. The molecule has 1 aromatic heterocycles. The lowest BCUT2D eigenvalue weighted by atomic mass is 10.1. The number of furan rings is 1. The zero-order valence-electron chi connectivity index (χ0n) is 16.0. The van der Waals surface area contributed by atoms with E-state index in [-0.39, 0.29) is 0 Å². The highest BCUT2D eigenvalue weighted by molar-refractivity contribution is 7.80. The molecule has 0 atom stereocenters. The summed E-state index contributed by atoms with van der Waals surface area (Å²) in [6.07, 6.45) is 3.77. The van der Waals surface area contributed by atoms with E-state index < -0.39 is 0 Å². The third kappa shape index (κ3) is 6.34. The highest BCUT2D eigenvalue weighted by Gasteiger charge is 2.14. The van der Waals surface area contributed by atoms with Crippen molar-refractivity contribution < 1.29 is 9.15 Å². The smallest absolute Gasteiger partial charge is 0.198 e. The fourth-order valence-corrected chi connectivity index (χ4v) is 3.45. The molecule has 1 aliphatic heterocycles. The van der Waals surface area contributed by atoms with Crippen molar-refractivity contribution in [1.29, 1.82) is 0 Å². The van der Waals surface area contributed by atoms with Crippen LogP contribution in [-0.4, -0.2) is 54.3 Å². The quantitative estimate of drug-likeness (QED) is 0.696. The SMILES string of the molecule is CCc1ccc(CN(CCCN2CCOCC2)C(=S)Nc2ccco2)cc1. The molecular formula is C21H29N3O2S. The van der Waals surface area contributed by atoms with Crippen molar-refractivity contribution in [2.24, 2.45) is 0 Å². The van der Waals surface area contributed by atoms with Gasteiger partial charge in [-0.15, -0.1) is 0 Å². The number of nitrogens with zero attached hydrogens (tertiary/aromatic N) is 2. The van der Waals surface area contributed by atoms with Gasteiger partial charge in [-0.25, -0.2) is 0 Å². The standard InChI is InChI=1S/C21H29N3O2S/c1-2-18-6-8-19(9-7-18)17-24(21(27)22-20-5-3-14-26-20)11-4-10-23-12-15-25-16-13-23/h3,5-9,14H,2,4,10-13,15-17H2,1H3,(H,22,27). The Hall–Kier alpha value is -1.89. The maximum Gasteiger partial charge on any atom is 0.198 e. The predicted molar refractivity (Wildman–Crippen MR) is 113 cm³/mol. The van der Waals surface area contributed by atoms with Gasteiger partial charge in [0, 0.05) is 38.8 Å². The number of hydrogen-bond acceptors (Lipinski definition) is 4. The third-order valence-corrected chi connectivity index (χ3v) is 5.21. The first-order chi connectivity index (χ1) is 13.2. The van der Waals surface area contributed by atoms with Crippen molar-refractivity contribution in [3.8, 4) is 0 Å².